The molecule has 0 bridgehead atoms. The standard InChI is InChI=1S/C14H19BrO9.H2O/c1-6(16)20-5-10-11(21-7(2)17)12(22-8(3)18)13(14(15)24-10)23-9(4)19;/h10-14H,5H2,1-4H3;1H2/t10-,11-,12+,13-,14+;/m1./s1. The Morgan fingerprint density at radius 2 is 1.24 bits per heavy atom. The van der Waals surface area contributed by atoms with Gasteiger partial charge >= 0.3 is 23.9 Å². The van der Waals surface area contributed by atoms with E-state index >= 15 is 0 Å². The molecule has 1 heterocycles. The van der Waals surface area contributed by atoms with Crippen LogP contribution in [-0.4, -0.2) is 65.4 Å². The highest BCUT2D eigenvalue weighted by molar-refractivity contribution is 9.09. The van der Waals surface area contributed by atoms with Crippen LogP contribution >= 0.6 is 15.9 Å². The number of ether oxygens (including phenoxy) is 5. The molecule has 0 aromatic heterocycles. The van der Waals surface area contributed by atoms with Gasteiger partial charge in [-0.15, -0.1) is 0 Å². The monoisotopic (exact) mass is 428 g/mol. The van der Waals surface area contributed by atoms with Gasteiger partial charge in [0, 0.05) is 27.7 Å². The van der Waals surface area contributed by atoms with Crippen molar-refractivity contribution in [2.45, 2.75) is 57.1 Å². The molecule has 1 aliphatic rings. The van der Waals surface area contributed by atoms with Gasteiger partial charge in [0.15, 0.2) is 23.3 Å². The van der Waals surface area contributed by atoms with E-state index in [1.807, 2.05) is 0 Å². The van der Waals surface area contributed by atoms with Crippen molar-refractivity contribution in [3.05, 3.63) is 0 Å². The van der Waals surface area contributed by atoms with Crippen LogP contribution in [0.3, 0.4) is 0 Å². The highest BCUT2D eigenvalue weighted by Gasteiger charge is 2.51. The lowest BCUT2D eigenvalue weighted by Gasteiger charge is -2.42. The summed E-state index contributed by atoms with van der Waals surface area (Å²) in [6.07, 6.45) is -4.22. The van der Waals surface area contributed by atoms with Crippen molar-refractivity contribution >= 4 is 39.8 Å². The van der Waals surface area contributed by atoms with Crippen LogP contribution in [0.2, 0.25) is 0 Å². The summed E-state index contributed by atoms with van der Waals surface area (Å²) in [7, 11) is 0. The summed E-state index contributed by atoms with van der Waals surface area (Å²) in [5, 5.41) is -0.863. The van der Waals surface area contributed by atoms with E-state index in [0.717, 1.165) is 13.8 Å². The Hall–Kier alpha value is -1.72. The molecule has 5 atom stereocenters. The van der Waals surface area contributed by atoms with Gasteiger partial charge in [0.25, 0.3) is 0 Å². The number of carbonyl (C=O) groups is 4. The van der Waals surface area contributed by atoms with Crippen molar-refractivity contribution < 1.29 is 48.3 Å². The lowest BCUT2D eigenvalue weighted by Crippen LogP contribution is -2.60. The van der Waals surface area contributed by atoms with Crippen molar-refractivity contribution in [3.63, 3.8) is 0 Å². The van der Waals surface area contributed by atoms with Crippen LogP contribution in [0.15, 0.2) is 0 Å². The van der Waals surface area contributed by atoms with E-state index in [1.54, 1.807) is 0 Å². The van der Waals surface area contributed by atoms with Crippen molar-refractivity contribution in [2.75, 3.05) is 6.61 Å². The third-order valence-electron chi connectivity index (χ3n) is 2.93. The minimum Gasteiger partial charge on any atom is -0.463 e. The second kappa shape index (κ2) is 10.3. The lowest BCUT2D eigenvalue weighted by molar-refractivity contribution is -0.236. The minimum atomic E-state index is -1.13. The maximum Gasteiger partial charge on any atom is 0.303 e. The summed E-state index contributed by atoms with van der Waals surface area (Å²) in [6.45, 7) is 4.47. The fourth-order valence-electron chi connectivity index (χ4n) is 2.18. The zero-order chi connectivity index (χ0) is 18.4. The molecule has 2 N–H and O–H groups in total. The van der Waals surface area contributed by atoms with E-state index < -0.39 is 53.3 Å². The van der Waals surface area contributed by atoms with Gasteiger partial charge in [0.05, 0.1) is 0 Å². The summed E-state index contributed by atoms with van der Waals surface area (Å²) in [4.78, 5) is 45.1. The number of rotatable bonds is 5. The number of hydrogen-bond donors (Lipinski definition) is 0. The number of alkyl halides is 1. The van der Waals surface area contributed by atoms with Crippen LogP contribution < -0.4 is 0 Å². The number of esters is 4. The molecule has 1 fully saturated rings. The first-order chi connectivity index (χ1) is 11.1. The Kier molecular flexibility index (Phi) is 9.60. The van der Waals surface area contributed by atoms with Crippen LogP contribution in [0.5, 0.6) is 0 Å². The maximum atomic E-state index is 11.4. The van der Waals surface area contributed by atoms with Gasteiger partial charge in [-0.05, 0) is 0 Å². The van der Waals surface area contributed by atoms with E-state index in [-0.39, 0.29) is 12.1 Å². The molecule has 0 spiro atoms. The molecule has 1 saturated heterocycles. The van der Waals surface area contributed by atoms with Crippen LogP contribution in [-0.2, 0) is 42.9 Å². The zero-order valence-electron chi connectivity index (χ0n) is 14.1. The first-order valence-electron chi connectivity index (χ1n) is 7.06. The third kappa shape index (κ3) is 7.36. The predicted octanol–water partition coefficient (Wildman–Crippen LogP) is -0.360. The highest BCUT2D eigenvalue weighted by Crippen LogP contribution is 2.31. The maximum absolute atomic E-state index is 11.4. The zero-order valence-corrected chi connectivity index (χ0v) is 15.7. The Labute approximate surface area is 152 Å². The molecule has 0 amide bonds. The molecule has 11 heteroatoms. The Bertz CT molecular complexity index is 508. The average Bonchev–Trinajstić information content (AvgIpc) is 2.42. The molecule has 1 rings (SSSR count). The molecule has 0 aromatic carbocycles. The first kappa shape index (κ1) is 23.3. The molecule has 10 nitrogen and oxygen atoms in total. The third-order valence-corrected chi connectivity index (χ3v) is 3.67. The van der Waals surface area contributed by atoms with Gasteiger partial charge in [-0.3, -0.25) is 19.2 Å². The predicted molar refractivity (Wildman–Crippen MR) is 84.5 cm³/mol. The molecule has 25 heavy (non-hydrogen) atoms. The van der Waals surface area contributed by atoms with Gasteiger partial charge in [0.2, 0.25) is 0 Å². The molecule has 1 aliphatic heterocycles. The molecule has 0 radical (unpaired) electrons. The summed E-state index contributed by atoms with van der Waals surface area (Å²) >= 11 is 3.18. The summed E-state index contributed by atoms with van der Waals surface area (Å²) < 4.78 is 25.9. The summed E-state index contributed by atoms with van der Waals surface area (Å²) in [6, 6.07) is 0. The molecule has 0 saturated carbocycles. The van der Waals surface area contributed by atoms with Crippen molar-refractivity contribution in [1.82, 2.24) is 0 Å². The Morgan fingerprint density at radius 1 is 0.800 bits per heavy atom. The molecule has 144 valence electrons. The molecular formula is C14H21BrO10. The van der Waals surface area contributed by atoms with Gasteiger partial charge in [-0.1, -0.05) is 15.9 Å². The minimum absolute atomic E-state index is 0. The molecule has 0 aliphatic carbocycles. The largest absolute Gasteiger partial charge is 0.463 e. The SMILES string of the molecule is CC(=O)OC[C@H]1O[C@H](Br)[C@H](OC(C)=O)[C@@H](OC(C)=O)[C@@H]1OC(C)=O.O. The van der Waals surface area contributed by atoms with E-state index in [4.69, 9.17) is 23.7 Å². The molecule has 0 aromatic rings. The van der Waals surface area contributed by atoms with E-state index in [2.05, 4.69) is 15.9 Å². The fourth-order valence-corrected chi connectivity index (χ4v) is 2.86. The van der Waals surface area contributed by atoms with E-state index in [9.17, 15) is 19.2 Å². The first-order valence-corrected chi connectivity index (χ1v) is 7.98. The van der Waals surface area contributed by atoms with Crippen LogP contribution in [0.25, 0.3) is 0 Å². The van der Waals surface area contributed by atoms with Gasteiger partial charge in [0.1, 0.15) is 12.7 Å². The summed E-state index contributed by atoms with van der Waals surface area (Å²) in [5.74, 6) is -2.52. The fraction of sp³-hybridized carbons (Fsp3) is 0.714. The normalized spacial score (nSPS) is 28.1. The molecule has 0 unspecified atom stereocenters. The number of carbonyl (C=O) groups excluding carboxylic acids is 4. The average molecular weight is 429 g/mol. The van der Waals surface area contributed by atoms with E-state index in [1.165, 1.54) is 13.8 Å². The topological polar surface area (TPSA) is 146 Å². The number of hydrogen-bond acceptors (Lipinski definition) is 9. The second-order valence-electron chi connectivity index (χ2n) is 5.05. The van der Waals surface area contributed by atoms with Crippen LogP contribution in [0.4, 0.5) is 0 Å². The van der Waals surface area contributed by atoms with Crippen LogP contribution in [0.1, 0.15) is 27.7 Å². The van der Waals surface area contributed by atoms with Gasteiger partial charge in [-0.2, -0.15) is 0 Å². The molecular weight excluding hydrogens is 408 g/mol. The van der Waals surface area contributed by atoms with Crippen molar-refractivity contribution in [3.8, 4) is 0 Å². The number of halogens is 1. The lowest BCUT2D eigenvalue weighted by atomic mass is 9.99. The highest BCUT2D eigenvalue weighted by atomic mass is 79.9. The van der Waals surface area contributed by atoms with Crippen molar-refractivity contribution in [1.29, 1.82) is 0 Å². The van der Waals surface area contributed by atoms with Crippen LogP contribution in [0, 0.1) is 0 Å². The van der Waals surface area contributed by atoms with Gasteiger partial charge < -0.3 is 29.2 Å². The quantitative estimate of drug-likeness (QED) is 0.325. The summed E-state index contributed by atoms with van der Waals surface area (Å²) in [5.41, 5.74) is 0. The Morgan fingerprint density at radius 3 is 1.68 bits per heavy atom. The van der Waals surface area contributed by atoms with Crippen molar-refractivity contribution in [2.24, 2.45) is 0 Å². The second-order valence-corrected chi connectivity index (χ2v) is 5.95. The van der Waals surface area contributed by atoms with Gasteiger partial charge in [-0.25, -0.2) is 0 Å². The smallest absolute Gasteiger partial charge is 0.303 e. The van der Waals surface area contributed by atoms with E-state index in [0.29, 0.717) is 0 Å². The Balaban J connectivity index is 0.00000576.